The Hall–Kier alpha value is -1.35. The van der Waals surface area contributed by atoms with E-state index in [1.54, 1.807) is 6.92 Å². The Labute approximate surface area is 167 Å². The van der Waals surface area contributed by atoms with Crippen LogP contribution in [-0.2, 0) is 4.79 Å². The van der Waals surface area contributed by atoms with E-state index in [9.17, 15) is 4.79 Å². The second-order valence-corrected chi connectivity index (χ2v) is 7.56. The van der Waals surface area contributed by atoms with E-state index in [1.807, 2.05) is 60.7 Å². The molecule has 0 aliphatic rings. The first-order chi connectivity index (χ1) is 11.5. The van der Waals surface area contributed by atoms with Crippen LogP contribution in [0.1, 0.15) is 6.92 Å². The van der Waals surface area contributed by atoms with Crippen LogP contribution in [0, 0.1) is 7.14 Å². The van der Waals surface area contributed by atoms with Gasteiger partial charge in [0.15, 0.2) is 6.10 Å². The van der Waals surface area contributed by atoms with Gasteiger partial charge in [-0.25, -0.2) is 4.79 Å². The fourth-order valence-corrected chi connectivity index (χ4v) is 3.39. The van der Waals surface area contributed by atoms with Gasteiger partial charge in [-0.15, -0.1) is 0 Å². The molecule has 0 saturated heterocycles. The Balaban J connectivity index is 1.74. The van der Waals surface area contributed by atoms with Gasteiger partial charge in [-0.3, -0.25) is 0 Å². The van der Waals surface area contributed by atoms with Gasteiger partial charge in [-0.1, -0.05) is 30.3 Å². The molecule has 24 heavy (non-hydrogen) atoms. The molecule has 0 heterocycles. The number of carbonyl (C=O) groups is 1. The predicted octanol–water partition coefficient (Wildman–Crippen LogP) is 5.42. The Kier molecular flexibility index (Phi) is 5.60. The number of hydrogen-bond donors (Lipinski definition) is 0. The van der Waals surface area contributed by atoms with Crippen LogP contribution < -0.4 is 9.47 Å². The van der Waals surface area contributed by atoms with Gasteiger partial charge in [0.05, 0.1) is 3.57 Å². The maximum Gasteiger partial charge on any atom is 0.352 e. The summed E-state index contributed by atoms with van der Waals surface area (Å²) < 4.78 is 13.2. The fourth-order valence-electron chi connectivity index (χ4n) is 2.25. The third-order valence-electron chi connectivity index (χ3n) is 3.50. The van der Waals surface area contributed by atoms with Crippen LogP contribution in [0.15, 0.2) is 60.7 Å². The molecule has 122 valence electrons. The molecule has 0 spiro atoms. The lowest BCUT2D eigenvalue weighted by Gasteiger charge is -2.15. The summed E-state index contributed by atoms with van der Waals surface area (Å²) in [7, 11) is 0. The minimum atomic E-state index is -0.688. The first kappa shape index (κ1) is 17.5. The Morgan fingerprint density at radius 1 is 0.958 bits per heavy atom. The van der Waals surface area contributed by atoms with Gasteiger partial charge in [0.2, 0.25) is 0 Å². The minimum absolute atomic E-state index is 0.415. The first-order valence-corrected chi connectivity index (χ1v) is 9.51. The third-order valence-corrected chi connectivity index (χ3v) is 5.33. The van der Waals surface area contributed by atoms with Gasteiger partial charge in [-0.2, -0.15) is 0 Å². The monoisotopic (exact) mass is 544 g/mol. The zero-order chi connectivity index (χ0) is 17.1. The number of hydrogen-bond acceptors (Lipinski definition) is 3. The highest BCUT2D eigenvalue weighted by Gasteiger charge is 2.19. The van der Waals surface area contributed by atoms with E-state index < -0.39 is 12.1 Å². The lowest BCUT2D eigenvalue weighted by atomic mass is 10.1. The van der Waals surface area contributed by atoms with Crippen molar-refractivity contribution < 1.29 is 14.3 Å². The van der Waals surface area contributed by atoms with Crippen LogP contribution in [0.4, 0.5) is 0 Å². The van der Waals surface area contributed by atoms with Crippen LogP contribution in [-0.4, -0.2) is 12.1 Å². The van der Waals surface area contributed by atoms with Crippen molar-refractivity contribution in [2.24, 2.45) is 0 Å². The second kappa shape index (κ2) is 7.69. The Bertz CT molecular complexity index is 875. The average Bonchev–Trinajstić information content (AvgIpc) is 2.59. The van der Waals surface area contributed by atoms with E-state index in [0.29, 0.717) is 11.5 Å². The van der Waals surface area contributed by atoms with Gasteiger partial charge in [-0.05, 0) is 93.2 Å². The summed E-state index contributed by atoms with van der Waals surface area (Å²) in [6.07, 6.45) is -0.688. The molecule has 0 bridgehead atoms. The van der Waals surface area contributed by atoms with Crippen LogP contribution in [0.25, 0.3) is 10.8 Å². The molecule has 0 aliphatic carbocycles. The van der Waals surface area contributed by atoms with Crippen molar-refractivity contribution in [2.45, 2.75) is 13.0 Å². The topological polar surface area (TPSA) is 35.5 Å². The maximum atomic E-state index is 12.3. The normalized spacial score (nSPS) is 12.0. The maximum absolute atomic E-state index is 12.3. The Morgan fingerprint density at radius 3 is 2.42 bits per heavy atom. The Morgan fingerprint density at radius 2 is 1.67 bits per heavy atom. The summed E-state index contributed by atoms with van der Waals surface area (Å²) in [5, 5.41) is 2.18. The van der Waals surface area contributed by atoms with Gasteiger partial charge in [0.1, 0.15) is 11.5 Å². The molecule has 0 aliphatic heterocycles. The van der Waals surface area contributed by atoms with Gasteiger partial charge >= 0.3 is 5.97 Å². The van der Waals surface area contributed by atoms with Crippen LogP contribution >= 0.6 is 45.2 Å². The number of ether oxygens (including phenoxy) is 2. The predicted molar refractivity (Wildman–Crippen MR) is 112 cm³/mol. The van der Waals surface area contributed by atoms with Crippen LogP contribution in [0.5, 0.6) is 11.5 Å². The first-order valence-electron chi connectivity index (χ1n) is 7.36. The molecule has 3 nitrogen and oxygen atoms in total. The number of halogens is 2. The molecule has 0 amide bonds. The minimum Gasteiger partial charge on any atom is -0.479 e. The van der Waals surface area contributed by atoms with Crippen molar-refractivity contribution in [3.8, 4) is 11.5 Å². The fraction of sp³-hybridized carbons (Fsp3) is 0.105. The van der Waals surface area contributed by atoms with E-state index >= 15 is 0 Å². The largest absolute Gasteiger partial charge is 0.479 e. The van der Waals surface area contributed by atoms with E-state index in [1.165, 1.54) is 0 Å². The molecule has 3 aromatic carbocycles. The van der Waals surface area contributed by atoms with Crippen molar-refractivity contribution in [3.63, 3.8) is 0 Å². The van der Waals surface area contributed by atoms with E-state index in [2.05, 4.69) is 45.2 Å². The van der Waals surface area contributed by atoms with Crippen molar-refractivity contribution in [1.82, 2.24) is 0 Å². The molecule has 1 unspecified atom stereocenters. The summed E-state index contributed by atoms with van der Waals surface area (Å²) in [5.74, 6) is 0.784. The molecule has 3 aromatic rings. The third kappa shape index (κ3) is 4.00. The standard InChI is InChI=1S/C19H14I2O3/c1-12(23-15-9-7-14(20)8-10-15)19(22)24-17-11-6-13-4-2-3-5-16(13)18(17)21/h2-12H,1H3. The summed E-state index contributed by atoms with van der Waals surface area (Å²) in [6, 6.07) is 19.3. The van der Waals surface area contributed by atoms with Gasteiger partial charge in [0, 0.05) is 3.57 Å². The van der Waals surface area contributed by atoms with Crippen LogP contribution in [0.3, 0.4) is 0 Å². The lowest BCUT2D eigenvalue weighted by molar-refractivity contribution is -0.141. The molecule has 0 N–H and O–H groups in total. The van der Waals surface area contributed by atoms with Crippen molar-refractivity contribution in [1.29, 1.82) is 0 Å². The molecule has 3 rings (SSSR count). The summed E-state index contributed by atoms with van der Waals surface area (Å²) in [5.41, 5.74) is 0. The van der Waals surface area contributed by atoms with E-state index in [4.69, 9.17) is 9.47 Å². The molecular formula is C19H14I2O3. The molecular weight excluding hydrogens is 530 g/mol. The quantitative estimate of drug-likeness (QED) is 0.250. The summed E-state index contributed by atoms with van der Waals surface area (Å²) in [4.78, 5) is 12.3. The van der Waals surface area contributed by atoms with Crippen molar-refractivity contribution in [3.05, 3.63) is 67.8 Å². The number of esters is 1. The zero-order valence-corrected chi connectivity index (χ0v) is 17.1. The van der Waals surface area contributed by atoms with Crippen molar-refractivity contribution >= 4 is 61.9 Å². The number of rotatable bonds is 4. The number of fused-ring (bicyclic) bond motifs is 1. The highest BCUT2D eigenvalue weighted by Crippen LogP contribution is 2.29. The summed E-state index contributed by atoms with van der Waals surface area (Å²) in [6.45, 7) is 1.69. The van der Waals surface area contributed by atoms with Crippen LogP contribution in [0.2, 0.25) is 0 Å². The van der Waals surface area contributed by atoms with Gasteiger partial charge in [0.25, 0.3) is 0 Å². The smallest absolute Gasteiger partial charge is 0.352 e. The molecule has 0 saturated carbocycles. The van der Waals surface area contributed by atoms with E-state index in [-0.39, 0.29) is 0 Å². The SMILES string of the molecule is CC(Oc1ccc(I)cc1)C(=O)Oc1ccc2ccccc2c1I. The molecule has 0 radical (unpaired) electrons. The highest BCUT2D eigenvalue weighted by molar-refractivity contribution is 14.1. The molecule has 0 aromatic heterocycles. The number of benzene rings is 3. The molecule has 1 atom stereocenters. The average molecular weight is 544 g/mol. The zero-order valence-electron chi connectivity index (χ0n) is 12.8. The number of carbonyl (C=O) groups excluding carboxylic acids is 1. The summed E-state index contributed by atoms with van der Waals surface area (Å²) >= 11 is 4.42. The molecule has 0 fully saturated rings. The van der Waals surface area contributed by atoms with Gasteiger partial charge < -0.3 is 9.47 Å². The van der Waals surface area contributed by atoms with Crippen molar-refractivity contribution in [2.75, 3.05) is 0 Å². The second-order valence-electron chi connectivity index (χ2n) is 5.23. The lowest BCUT2D eigenvalue weighted by Crippen LogP contribution is -2.28. The highest BCUT2D eigenvalue weighted by atomic mass is 127. The molecule has 5 heteroatoms. The van der Waals surface area contributed by atoms with E-state index in [0.717, 1.165) is 17.9 Å².